The van der Waals surface area contributed by atoms with Crippen LogP contribution >= 0.6 is 0 Å². The van der Waals surface area contributed by atoms with E-state index >= 15 is 0 Å². The van der Waals surface area contributed by atoms with Crippen LogP contribution in [0.3, 0.4) is 0 Å². The van der Waals surface area contributed by atoms with Gasteiger partial charge in [0.2, 0.25) is 0 Å². The number of rotatable bonds is 5. The second-order valence-electron chi connectivity index (χ2n) is 4.93. The molecule has 0 aliphatic carbocycles. The average Bonchev–Trinajstić information content (AvgIpc) is 2.47. The summed E-state index contributed by atoms with van der Waals surface area (Å²) < 4.78 is 11.8. The number of nitrogens with zero attached hydrogens (tertiary/aromatic N) is 1. The molecule has 2 aromatic rings. The Morgan fingerprint density at radius 2 is 1.82 bits per heavy atom. The van der Waals surface area contributed by atoms with Crippen LogP contribution in [0.2, 0.25) is 0 Å². The van der Waals surface area contributed by atoms with Crippen molar-refractivity contribution < 1.29 is 14.3 Å². The predicted molar refractivity (Wildman–Crippen MR) is 83.9 cm³/mol. The van der Waals surface area contributed by atoms with Crippen LogP contribution in [0, 0.1) is 6.92 Å². The number of aromatic nitrogens is 1. The Morgan fingerprint density at radius 1 is 1.14 bits per heavy atom. The van der Waals surface area contributed by atoms with Crippen molar-refractivity contribution in [3.63, 3.8) is 0 Å². The number of pyridine rings is 1. The maximum absolute atomic E-state index is 12.3. The largest absolute Gasteiger partial charge is 0.497 e. The van der Waals surface area contributed by atoms with E-state index in [1.54, 1.807) is 48.9 Å². The second kappa shape index (κ2) is 6.93. The van der Waals surface area contributed by atoms with Gasteiger partial charge in [-0.05, 0) is 37.6 Å². The van der Waals surface area contributed by atoms with E-state index in [1.807, 2.05) is 6.92 Å². The molecule has 0 aliphatic rings. The first kappa shape index (κ1) is 15.8. The number of aryl methyl sites for hydroxylation is 1. The van der Waals surface area contributed by atoms with Gasteiger partial charge in [-0.3, -0.25) is 14.2 Å². The van der Waals surface area contributed by atoms with E-state index in [9.17, 15) is 9.59 Å². The minimum atomic E-state index is -0.330. The number of benzene rings is 1. The highest BCUT2D eigenvalue weighted by Crippen LogP contribution is 2.17. The standard InChI is InChI=1S/C17H19NO4/c1-4-5-17(20)22-15-10-12(2)18(16(19)11-15)13-6-8-14(21-3)9-7-13/h6-11H,4-5H2,1-3H3. The number of carbonyl (C=O) groups is 1. The second-order valence-corrected chi connectivity index (χ2v) is 4.93. The quantitative estimate of drug-likeness (QED) is 0.797. The van der Waals surface area contributed by atoms with Crippen LogP contribution in [-0.2, 0) is 4.79 Å². The first-order valence-electron chi connectivity index (χ1n) is 7.14. The van der Waals surface area contributed by atoms with Crippen molar-refractivity contribution in [1.82, 2.24) is 4.57 Å². The summed E-state index contributed by atoms with van der Waals surface area (Å²) in [5.41, 5.74) is 1.18. The van der Waals surface area contributed by atoms with Gasteiger partial charge in [-0.2, -0.15) is 0 Å². The van der Waals surface area contributed by atoms with Gasteiger partial charge < -0.3 is 9.47 Å². The molecule has 0 bridgehead atoms. The summed E-state index contributed by atoms with van der Waals surface area (Å²) in [5, 5.41) is 0. The molecular weight excluding hydrogens is 282 g/mol. The molecule has 116 valence electrons. The van der Waals surface area contributed by atoms with Crippen LogP contribution in [0.25, 0.3) is 5.69 Å². The Morgan fingerprint density at radius 3 is 2.36 bits per heavy atom. The zero-order valence-corrected chi connectivity index (χ0v) is 13.0. The summed E-state index contributed by atoms with van der Waals surface area (Å²) in [6, 6.07) is 10.2. The topological polar surface area (TPSA) is 57.5 Å². The van der Waals surface area contributed by atoms with Crippen LogP contribution < -0.4 is 15.0 Å². The summed E-state index contributed by atoms with van der Waals surface area (Å²) >= 11 is 0. The minimum absolute atomic E-state index is 0.246. The van der Waals surface area contributed by atoms with Gasteiger partial charge in [0, 0.05) is 29.9 Å². The lowest BCUT2D eigenvalue weighted by Crippen LogP contribution is -2.20. The first-order valence-corrected chi connectivity index (χ1v) is 7.14. The third-order valence-corrected chi connectivity index (χ3v) is 3.21. The Bertz CT molecular complexity index is 716. The number of methoxy groups -OCH3 is 1. The molecule has 0 aliphatic heterocycles. The summed E-state index contributed by atoms with van der Waals surface area (Å²) in [6.07, 6.45) is 1.04. The third kappa shape index (κ3) is 3.55. The SMILES string of the molecule is CCCC(=O)Oc1cc(C)n(-c2ccc(OC)cc2)c(=O)c1. The van der Waals surface area contributed by atoms with Gasteiger partial charge in [-0.25, -0.2) is 0 Å². The highest BCUT2D eigenvalue weighted by molar-refractivity contribution is 5.72. The normalized spacial score (nSPS) is 10.3. The summed E-state index contributed by atoms with van der Waals surface area (Å²) in [5.74, 6) is 0.675. The minimum Gasteiger partial charge on any atom is -0.497 e. The van der Waals surface area contributed by atoms with E-state index in [0.29, 0.717) is 18.5 Å². The van der Waals surface area contributed by atoms with Crippen molar-refractivity contribution in [3.8, 4) is 17.2 Å². The fourth-order valence-corrected chi connectivity index (χ4v) is 2.18. The average molecular weight is 301 g/mol. The molecule has 22 heavy (non-hydrogen) atoms. The van der Waals surface area contributed by atoms with E-state index in [0.717, 1.165) is 11.4 Å². The molecule has 0 fully saturated rings. The van der Waals surface area contributed by atoms with E-state index in [-0.39, 0.29) is 17.3 Å². The molecule has 0 amide bonds. The Kier molecular flexibility index (Phi) is 4.99. The maximum atomic E-state index is 12.3. The first-order chi connectivity index (χ1) is 10.5. The van der Waals surface area contributed by atoms with Crippen molar-refractivity contribution in [3.05, 3.63) is 52.4 Å². The van der Waals surface area contributed by atoms with Gasteiger partial charge in [-0.1, -0.05) is 6.92 Å². The van der Waals surface area contributed by atoms with Gasteiger partial charge in [0.25, 0.3) is 5.56 Å². The fourth-order valence-electron chi connectivity index (χ4n) is 2.18. The van der Waals surface area contributed by atoms with Crippen molar-refractivity contribution in [2.75, 3.05) is 7.11 Å². The van der Waals surface area contributed by atoms with E-state index < -0.39 is 0 Å². The van der Waals surface area contributed by atoms with Gasteiger partial charge in [0.15, 0.2) is 0 Å². The molecule has 1 aromatic heterocycles. The van der Waals surface area contributed by atoms with Crippen molar-refractivity contribution in [2.24, 2.45) is 0 Å². The van der Waals surface area contributed by atoms with Crippen molar-refractivity contribution in [1.29, 1.82) is 0 Å². The van der Waals surface area contributed by atoms with Crippen LogP contribution in [0.4, 0.5) is 0 Å². The van der Waals surface area contributed by atoms with E-state index in [1.165, 1.54) is 6.07 Å². The van der Waals surface area contributed by atoms with Crippen molar-refractivity contribution in [2.45, 2.75) is 26.7 Å². The molecule has 0 saturated heterocycles. The molecule has 0 N–H and O–H groups in total. The molecule has 2 rings (SSSR count). The third-order valence-electron chi connectivity index (χ3n) is 3.21. The molecule has 1 heterocycles. The lowest BCUT2D eigenvalue weighted by Gasteiger charge is -2.12. The predicted octanol–water partition coefficient (Wildman–Crippen LogP) is 2.86. The molecule has 0 saturated carbocycles. The highest BCUT2D eigenvalue weighted by atomic mass is 16.5. The molecular formula is C17H19NO4. The molecule has 1 aromatic carbocycles. The summed E-state index contributed by atoms with van der Waals surface area (Å²) in [7, 11) is 1.59. The zero-order valence-electron chi connectivity index (χ0n) is 13.0. The molecule has 5 heteroatoms. The molecule has 0 radical (unpaired) electrons. The van der Waals surface area contributed by atoms with Gasteiger partial charge in [-0.15, -0.1) is 0 Å². The number of carbonyl (C=O) groups excluding carboxylic acids is 1. The Hall–Kier alpha value is -2.56. The maximum Gasteiger partial charge on any atom is 0.311 e. The van der Waals surface area contributed by atoms with Gasteiger partial charge >= 0.3 is 5.97 Å². The van der Waals surface area contributed by atoms with E-state index in [4.69, 9.17) is 9.47 Å². The lowest BCUT2D eigenvalue weighted by atomic mass is 10.2. The van der Waals surface area contributed by atoms with E-state index in [2.05, 4.69) is 0 Å². The number of hydrogen-bond donors (Lipinski definition) is 0. The number of ether oxygens (including phenoxy) is 2. The zero-order chi connectivity index (χ0) is 16.1. The summed E-state index contributed by atoms with van der Waals surface area (Å²) in [6.45, 7) is 3.69. The lowest BCUT2D eigenvalue weighted by molar-refractivity contribution is -0.134. The Balaban J connectivity index is 2.33. The highest BCUT2D eigenvalue weighted by Gasteiger charge is 2.09. The van der Waals surface area contributed by atoms with Gasteiger partial charge in [0.05, 0.1) is 7.11 Å². The molecule has 0 spiro atoms. The van der Waals surface area contributed by atoms with Crippen molar-refractivity contribution >= 4 is 5.97 Å². The summed E-state index contributed by atoms with van der Waals surface area (Å²) in [4.78, 5) is 23.8. The van der Waals surface area contributed by atoms with Crippen LogP contribution in [0.15, 0.2) is 41.2 Å². The van der Waals surface area contributed by atoms with Gasteiger partial charge in [0.1, 0.15) is 11.5 Å². The van der Waals surface area contributed by atoms with Crippen LogP contribution in [-0.4, -0.2) is 17.6 Å². The number of hydrogen-bond acceptors (Lipinski definition) is 4. The van der Waals surface area contributed by atoms with Crippen LogP contribution in [0.1, 0.15) is 25.5 Å². The monoisotopic (exact) mass is 301 g/mol. The molecule has 5 nitrogen and oxygen atoms in total. The smallest absolute Gasteiger partial charge is 0.311 e. The molecule has 0 unspecified atom stereocenters. The number of esters is 1. The fraction of sp³-hybridized carbons (Fsp3) is 0.294. The Labute approximate surface area is 129 Å². The molecule has 0 atom stereocenters. The van der Waals surface area contributed by atoms with Crippen LogP contribution in [0.5, 0.6) is 11.5 Å².